The van der Waals surface area contributed by atoms with E-state index in [1.807, 2.05) is 6.07 Å². The number of ether oxygens (including phenoxy) is 1. The molecule has 2 heterocycles. The molecule has 3 amide bonds. The number of piperidine rings is 1. The number of nitrogens with one attached hydrogen (secondary N) is 4. The van der Waals surface area contributed by atoms with Gasteiger partial charge in [-0.3, -0.25) is 14.4 Å². The minimum atomic E-state index is -0.803. The SMILES string of the molecule is COc1cc(Cl)cc2[nH]c(C(=O)NCC(=O)N[C@H](C#N)C[C@@H]3CCCNC3=O)cc12. The van der Waals surface area contributed by atoms with Crippen LogP contribution in [0.2, 0.25) is 5.02 Å². The molecule has 0 radical (unpaired) electrons. The summed E-state index contributed by atoms with van der Waals surface area (Å²) >= 11 is 6.03. The highest BCUT2D eigenvalue weighted by atomic mass is 35.5. The predicted octanol–water partition coefficient (Wildman–Crippen LogP) is 1.48. The van der Waals surface area contributed by atoms with Crippen LogP contribution in [0.25, 0.3) is 10.9 Å². The zero-order valence-corrected chi connectivity index (χ0v) is 17.1. The zero-order chi connectivity index (χ0) is 21.7. The Morgan fingerprint density at radius 2 is 2.20 bits per heavy atom. The van der Waals surface area contributed by atoms with E-state index in [0.29, 0.717) is 34.6 Å². The number of halogens is 1. The van der Waals surface area contributed by atoms with E-state index in [2.05, 4.69) is 20.9 Å². The number of H-pyrrole nitrogens is 1. The second-order valence-corrected chi connectivity index (χ2v) is 7.49. The van der Waals surface area contributed by atoms with Gasteiger partial charge >= 0.3 is 0 Å². The first-order chi connectivity index (χ1) is 14.4. The Morgan fingerprint density at radius 1 is 1.40 bits per heavy atom. The number of aromatic nitrogens is 1. The lowest BCUT2D eigenvalue weighted by Crippen LogP contribution is -2.44. The maximum absolute atomic E-state index is 12.4. The number of hydrogen-bond donors (Lipinski definition) is 4. The largest absolute Gasteiger partial charge is 0.496 e. The van der Waals surface area contributed by atoms with Crippen molar-refractivity contribution in [3.63, 3.8) is 0 Å². The maximum Gasteiger partial charge on any atom is 0.268 e. The zero-order valence-electron chi connectivity index (χ0n) is 16.4. The molecule has 9 nitrogen and oxygen atoms in total. The fourth-order valence-electron chi connectivity index (χ4n) is 3.45. The lowest BCUT2D eigenvalue weighted by molar-refractivity contribution is -0.127. The fraction of sp³-hybridized carbons (Fsp3) is 0.400. The number of rotatable bonds is 7. The Kier molecular flexibility index (Phi) is 6.79. The third-order valence-electron chi connectivity index (χ3n) is 4.95. The number of carbonyl (C=O) groups excluding carboxylic acids is 3. The number of hydrogen-bond acceptors (Lipinski definition) is 5. The number of benzene rings is 1. The van der Waals surface area contributed by atoms with Crippen molar-refractivity contribution in [2.24, 2.45) is 5.92 Å². The molecule has 10 heteroatoms. The molecule has 0 saturated carbocycles. The molecule has 2 aromatic rings. The van der Waals surface area contributed by atoms with E-state index in [0.717, 1.165) is 6.42 Å². The Morgan fingerprint density at radius 3 is 2.90 bits per heavy atom. The van der Waals surface area contributed by atoms with Crippen molar-refractivity contribution in [3.8, 4) is 11.8 Å². The average Bonchev–Trinajstić information content (AvgIpc) is 3.16. The molecule has 3 rings (SSSR count). The molecule has 1 aromatic carbocycles. The van der Waals surface area contributed by atoms with Crippen LogP contribution in [0.15, 0.2) is 18.2 Å². The van der Waals surface area contributed by atoms with E-state index in [4.69, 9.17) is 16.3 Å². The second kappa shape index (κ2) is 9.50. The molecule has 1 fully saturated rings. The Labute approximate surface area is 178 Å². The molecule has 4 N–H and O–H groups in total. The van der Waals surface area contributed by atoms with Gasteiger partial charge in [-0.1, -0.05) is 11.6 Å². The highest BCUT2D eigenvalue weighted by Crippen LogP contribution is 2.30. The van der Waals surface area contributed by atoms with Crippen LogP contribution in [0.3, 0.4) is 0 Å². The first-order valence-electron chi connectivity index (χ1n) is 9.52. The second-order valence-electron chi connectivity index (χ2n) is 7.05. The fourth-order valence-corrected chi connectivity index (χ4v) is 3.66. The van der Waals surface area contributed by atoms with Crippen LogP contribution in [0, 0.1) is 17.2 Å². The number of nitrogens with zero attached hydrogens (tertiary/aromatic N) is 1. The van der Waals surface area contributed by atoms with Crippen LogP contribution in [-0.2, 0) is 9.59 Å². The van der Waals surface area contributed by atoms with Crippen molar-refractivity contribution < 1.29 is 19.1 Å². The van der Waals surface area contributed by atoms with Crippen LogP contribution >= 0.6 is 11.6 Å². The van der Waals surface area contributed by atoms with Gasteiger partial charge in [-0.2, -0.15) is 5.26 Å². The number of carbonyl (C=O) groups is 3. The van der Waals surface area contributed by atoms with Gasteiger partial charge in [0.25, 0.3) is 5.91 Å². The molecule has 2 atom stereocenters. The molecule has 0 unspecified atom stereocenters. The number of nitriles is 1. The maximum atomic E-state index is 12.4. The molecule has 1 aliphatic rings. The Balaban J connectivity index is 1.56. The van der Waals surface area contributed by atoms with E-state index in [1.54, 1.807) is 18.2 Å². The standard InChI is InChI=1S/C20H22ClN5O4/c1-30-17-7-12(21)6-15-14(17)8-16(26-15)20(29)24-10-18(27)25-13(9-22)5-11-3-2-4-23-19(11)28/h6-8,11,13,26H,2-5,10H2,1H3,(H,23,28)(H,24,29)(H,25,27)/t11-,13-/m0/s1. The van der Waals surface area contributed by atoms with E-state index in [1.165, 1.54) is 7.11 Å². The number of aromatic amines is 1. The van der Waals surface area contributed by atoms with Crippen LogP contribution < -0.4 is 20.7 Å². The Hall–Kier alpha value is -3.25. The summed E-state index contributed by atoms with van der Waals surface area (Å²) < 4.78 is 5.27. The summed E-state index contributed by atoms with van der Waals surface area (Å²) in [5.74, 6) is -0.874. The third kappa shape index (κ3) is 5.02. The van der Waals surface area contributed by atoms with E-state index >= 15 is 0 Å². The van der Waals surface area contributed by atoms with Gasteiger partial charge in [0.2, 0.25) is 11.8 Å². The minimum absolute atomic E-state index is 0.0987. The van der Waals surface area contributed by atoms with Gasteiger partial charge in [0.1, 0.15) is 17.5 Å². The monoisotopic (exact) mass is 431 g/mol. The first kappa shape index (κ1) is 21.5. The summed E-state index contributed by atoms with van der Waals surface area (Å²) in [6.07, 6.45) is 1.77. The predicted molar refractivity (Wildman–Crippen MR) is 110 cm³/mol. The lowest BCUT2D eigenvalue weighted by Gasteiger charge is -2.23. The van der Waals surface area contributed by atoms with Gasteiger partial charge in [0.05, 0.1) is 25.2 Å². The van der Waals surface area contributed by atoms with Crippen molar-refractivity contribution in [1.82, 2.24) is 20.9 Å². The van der Waals surface area contributed by atoms with E-state index < -0.39 is 17.9 Å². The summed E-state index contributed by atoms with van der Waals surface area (Å²) in [5.41, 5.74) is 0.873. The molecular formula is C20H22ClN5O4. The first-order valence-corrected chi connectivity index (χ1v) is 9.90. The summed E-state index contributed by atoms with van der Waals surface area (Å²) in [7, 11) is 1.50. The van der Waals surface area contributed by atoms with E-state index in [-0.39, 0.29) is 30.5 Å². The molecule has 1 aromatic heterocycles. The van der Waals surface area contributed by atoms with Gasteiger partial charge in [-0.05, 0) is 37.5 Å². The van der Waals surface area contributed by atoms with Gasteiger partial charge in [0.15, 0.2) is 0 Å². The van der Waals surface area contributed by atoms with Crippen molar-refractivity contribution in [2.45, 2.75) is 25.3 Å². The molecule has 1 aliphatic heterocycles. The summed E-state index contributed by atoms with van der Waals surface area (Å²) in [5, 5.41) is 18.3. The number of fused-ring (bicyclic) bond motifs is 1. The van der Waals surface area contributed by atoms with Crippen LogP contribution in [-0.4, -0.2) is 48.9 Å². The quantitative estimate of drug-likeness (QED) is 0.526. The summed E-state index contributed by atoms with van der Waals surface area (Å²) in [4.78, 5) is 39.3. The molecule has 0 spiro atoms. The number of methoxy groups -OCH3 is 1. The molecule has 1 saturated heterocycles. The van der Waals surface area contributed by atoms with Crippen molar-refractivity contribution >= 4 is 40.2 Å². The van der Waals surface area contributed by atoms with Gasteiger partial charge in [-0.25, -0.2) is 0 Å². The van der Waals surface area contributed by atoms with Crippen molar-refractivity contribution in [1.29, 1.82) is 5.26 Å². The van der Waals surface area contributed by atoms with E-state index in [9.17, 15) is 19.6 Å². The smallest absolute Gasteiger partial charge is 0.268 e. The van der Waals surface area contributed by atoms with Crippen LogP contribution in [0.1, 0.15) is 29.8 Å². The average molecular weight is 432 g/mol. The number of amides is 3. The van der Waals surface area contributed by atoms with Crippen molar-refractivity contribution in [3.05, 3.63) is 28.9 Å². The van der Waals surface area contributed by atoms with Gasteiger partial charge < -0.3 is 25.7 Å². The lowest BCUT2D eigenvalue weighted by atomic mass is 9.92. The van der Waals surface area contributed by atoms with Gasteiger partial charge in [-0.15, -0.1) is 0 Å². The molecule has 158 valence electrons. The normalized spacial score (nSPS) is 17.0. The minimum Gasteiger partial charge on any atom is -0.496 e. The Bertz CT molecular complexity index is 1010. The molecule has 30 heavy (non-hydrogen) atoms. The molecule has 0 bridgehead atoms. The van der Waals surface area contributed by atoms with Crippen molar-refractivity contribution in [2.75, 3.05) is 20.2 Å². The topological polar surface area (TPSA) is 136 Å². The summed E-state index contributed by atoms with van der Waals surface area (Å²) in [6.45, 7) is 0.331. The van der Waals surface area contributed by atoms with Crippen LogP contribution in [0.5, 0.6) is 5.75 Å². The highest BCUT2D eigenvalue weighted by Gasteiger charge is 2.26. The molecule has 0 aliphatic carbocycles. The summed E-state index contributed by atoms with van der Waals surface area (Å²) in [6, 6.07) is 6.11. The molecular weight excluding hydrogens is 410 g/mol. The van der Waals surface area contributed by atoms with Gasteiger partial charge in [0, 0.05) is 22.9 Å². The third-order valence-corrected chi connectivity index (χ3v) is 5.17. The van der Waals surface area contributed by atoms with Crippen LogP contribution in [0.4, 0.5) is 0 Å². The highest BCUT2D eigenvalue weighted by molar-refractivity contribution is 6.31.